The number of carbonyl (C=O) groups is 2. The average Bonchev–Trinajstić information content (AvgIpc) is 2.57. The number of ether oxygens (including phenoxy) is 1. The number of carboxylic acid groups (broad SMARTS) is 1. The monoisotopic (exact) mass is 274 g/mol. The van der Waals surface area contributed by atoms with E-state index in [1.165, 1.54) is 0 Å². The van der Waals surface area contributed by atoms with E-state index in [9.17, 15) is 9.59 Å². The Labute approximate surface area is 117 Å². The predicted octanol–water partition coefficient (Wildman–Crippen LogP) is 2.66. The fraction of sp³-hybridized carbons (Fsp3) is 0.500. The number of benzene rings is 1. The lowest BCUT2D eigenvalue weighted by Gasteiger charge is -2.33. The SMILES string of the molecule is O=C(O)CC1CCC2OCc3ccccc3C(=O)C2C1. The molecule has 1 aromatic rings. The van der Waals surface area contributed by atoms with Gasteiger partial charge in [-0.25, -0.2) is 0 Å². The maximum Gasteiger partial charge on any atom is 0.303 e. The van der Waals surface area contributed by atoms with Crippen LogP contribution in [-0.2, 0) is 16.1 Å². The van der Waals surface area contributed by atoms with Crippen LogP contribution < -0.4 is 0 Å². The summed E-state index contributed by atoms with van der Waals surface area (Å²) in [6.45, 7) is 0.479. The summed E-state index contributed by atoms with van der Waals surface area (Å²) in [4.78, 5) is 23.5. The highest BCUT2D eigenvalue weighted by Crippen LogP contribution is 2.38. The van der Waals surface area contributed by atoms with Crippen molar-refractivity contribution < 1.29 is 19.4 Å². The van der Waals surface area contributed by atoms with Crippen LogP contribution in [0.5, 0.6) is 0 Å². The Morgan fingerprint density at radius 2 is 2.10 bits per heavy atom. The van der Waals surface area contributed by atoms with Crippen molar-refractivity contribution in [3.8, 4) is 0 Å². The lowest BCUT2D eigenvalue weighted by Crippen LogP contribution is -2.35. The van der Waals surface area contributed by atoms with Crippen molar-refractivity contribution in [2.75, 3.05) is 0 Å². The largest absolute Gasteiger partial charge is 0.481 e. The molecule has 1 saturated carbocycles. The molecule has 0 saturated heterocycles. The number of hydrogen-bond donors (Lipinski definition) is 1. The molecule has 0 aromatic heterocycles. The number of ketones is 1. The number of carbonyl (C=O) groups excluding carboxylic acids is 1. The van der Waals surface area contributed by atoms with Crippen LogP contribution >= 0.6 is 0 Å². The zero-order chi connectivity index (χ0) is 14.1. The molecule has 1 aromatic carbocycles. The molecule has 106 valence electrons. The van der Waals surface area contributed by atoms with E-state index in [0.29, 0.717) is 13.0 Å². The van der Waals surface area contributed by atoms with Crippen molar-refractivity contribution in [3.05, 3.63) is 35.4 Å². The standard InChI is InChI=1S/C16H18O4/c17-15(18)8-10-5-6-14-13(7-10)16(19)12-4-2-1-3-11(12)9-20-14/h1-4,10,13-14H,5-9H2,(H,17,18). The summed E-state index contributed by atoms with van der Waals surface area (Å²) in [7, 11) is 0. The summed E-state index contributed by atoms with van der Waals surface area (Å²) in [6.07, 6.45) is 2.33. The Hall–Kier alpha value is -1.68. The van der Waals surface area contributed by atoms with Gasteiger partial charge in [-0.2, -0.15) is 0 Å². The van der Waals surface area contributed by atoms with Gasteiger partial charge in [0.15, 0.2) is 5.78 Å². The van der Waals surface area contributed by atoms with Gasteiger partial charge >= 0.3 is 5.97 Å². The first-order valence-electron chi connectivity index (χ1n) is 7.10. The molecule has 1 N–H and O–H groups in total. The number of carboxylic acids is 1. The minimum atomic E-state index is -0.782. The quantitative estimate of drug-likeness (QED) is 0.900. The van der Waals surface area contributed by atoms with Crippen molar-refractivity contribution >= 4 is 11.8 Å². The first kappa shape index (κ1) is 13.3. The Morgan fingerprint density at radius 3 is 2.90 bits per heavy atom. The summed E-state index contributed by atoms with van der Waals surface area (Å²) >= 11 is 0. The molecular formula is C16H18O4. The molecule has 1 aliphatic carbocycles. The van der Waals surface area contributed by atoms with Crippen molar-refractivity contribution in [1.82, 2.24) is 0 Å². The molecular weight excluding hydrogens is 256 g/mol. The first-order valence-corrected chi connectivity index (χ1v) is 7.10. The minimum Gasteiger partial charge on any atom is -0.481 e. The lowest BCUT2D eigenvalue weighted by molar-refractivity contribution is -0.138. The van der Waals surface area contributed by atoms with Crippen LogP contribution in [0.3, 0.4) is 0 Å². The Morgan fingerprint density at radius 1 is 1.30 bits per heavy atom. The number of Topliss-reactive ketones (excluding diaryl/α,β-unsaturated/α-hetero) is 1. The molecule has 1 heterocycles. The van der Waals surface area contributed by atoms with Crippen molar-refractivity contribution in [1.29, 1.82) is 0 Å². The van der Waals surface area contributed by atoms with E-state index < -0.39 is 5.97 Å². The third-order valence-electron chi connectivity index (χ3n) is 4.43. The summed E-state index contributed by atoms with van der Waals surface area (Å²) in [5, 5.41) is 8.92. The predicted molar refractivity (Wildman–Crippen MR) is 72.4 cm³/mol. The second-order valence-corrected chi connectivity index (χ2v) is 5.75. The lowest BCUT2D eigenvalue weighted by atomic mass is 9.75. The molecule has 4 nitrogen and oxygen atoms in total. The maximum atomic E-state index is 12.7. The van der Waals surface area contributed by atoms with Crippen LogP contribution in [0.15, 0.2) is 24.3 Å². The molecule has 0 spiro atoms. The average molecular weight is 274 g/mol. The first-order chi connectivity index (χ1) is 9.65. The van der Waals surface area contributed by atoms with E-state index in [4.69, 9.17) is 9.84 Å². The molecule has 2 aliphatic rings. The summed E-state index contributed by atoms with van der Waals surface area (Å²) in [6, 6.07) is 7.57. The second kappa shape index (κ2) is 5.37. The van der Waals surface area contributed by atoms with Gasteiger partial charge in [0.25, 0.3) is 0 Å². The zero-order valence-electron chi connectivity index (χ0n) is 11.2. The number of rotatable bonds is 2. The van der Waals surface area contributed by atoms with Crippen LogP contribution in [-0.4, -0.2) is 23.0 Å². The number of hydrogen-bond acceptors (Lipinski definition) is 3. The number of fused-ring (bicyclic) bond motifs is 2. The van der Waals surface area contributed by atoms with Gasteiger partial charge in [0.05, 0.1) is 12.7 Å². The maximum absolute atomic E-state index is 12.7. The highest BCUT2D eigenvalue weighted by molar-refractivity contribution is 5.99. The molecule has 3 atom stereocenters. The molecule has 4 heteroatoms. The zero-order valence-corrected chi connectivity index (χ0v) is 11.2. The Kier molecular flexibility index (Phi) is 3.57. The second-order valence-electron chi connectivity index (χ2n) is 5.75. The van der Waals surface area contributed by atoms with Gasteiger partial charge in [-0.3, -0.25) is 9.59 Å². The Bertz CT molecular complexity index is 537. The summed E-state index contributed by atoms with van der Waals surface area (Å²) in [5.74, 6) is -0.752. The normalized spacial score (nSPS) is 29.2. The molecule has 3 unspecified atom stereocenters. The highest BCUT2D eigenvalue weighted by Gasteiger charge is 2.39. The number of aliphatic carboxylic acids is 1. The van der Waals surface area contributed by atoms with Crippen molar-refractivity contribution in [2.24, 2.45) is 11.8 Å². The topological polar surface area (TPSA) is 63.6 Å². The third-order valence-corrected chi connectivity index (χ3v) is 4.43. The van der Waals surface area contributed by atoms with Gasteiger partial charge < -0.3 is 9.84 Å². The highest BCUT2D eigenvalue weighted by atomic mass is 16.5. The van der Waals surface area contributed by atoms with Gasteiger partial charge in [0.2, 0.25) is 0 Å². The summed E-state index contributed by atoms with van der Waals surface area (Å²) in [5.41, 5.74) is 1.69. The van der Waals surface area contributed by atoms with Crippen LogP contribution in [0, 0.1) is 11.8 Å². The van der Waals surface area contributed by atoms with E-state index in [-0.39, 0.29) is 30.1 Å². The van der Waals surface area contributed by atoms with E-state index >= 15 is 0 Å². The van der Waals surface area contributed by atoms with Gasteiger partial charge in [-0.1, -0.05) is 24.3 Å². The molecule has 0 bridgehead atoms. The van der Waals surface area contributed by atoms with Crippen molar-refractivity contribution in [2.45, 2.75) is 38.4 Å². The fourth-order valence-electron chi connectivity index (χ4n) is 3.42. The van der Waals surface area contributed by atoms with Gasteiger partial charge in [0.1, 0.15) is 0 Å². The fourth-order valence-corrected chi connectivity index (χ4v) is 3.42. The van der Waals surface area contributed by atoms with Crippen LogP contribution in [0.2, 0.25) is 0 Å². The van der Waals surface area contributed by atoms with Gasteiger partial charge in [-0.05, 0) is 30.7 Å². The minimum absolute atomic E-state index is 0.0556. The third kappa shape index (κ3) is 2.48. The van der Waals surface area contributed by atoms with Crippen LogP contribution in [0.1, 0.15) is 41.6 Å². The molecule has 20 heavy (non-hydrogen) atoms. The van der Waals surface area contributed by atoms with E-state index in [1.807, 2.05) is 24.3 Å². The van der Waals surface area contributed by atoms with Crippen LogP contribution in [0.4, 0.5) is 0 Å². The summed E-state index contributed by atoms with van der Waals surface area (Å²) < 4.78 is 5.89. The molecule has 3 rings (SSSR count). The molecule has 1 aliphatic heterocycles. The van der Waals surface area contributed by atoms with E-state index in [2.05, 4.69) is 0 Å². The van der Waals surface area contributed by atoms with Crippen LogP contribution in [0.25, 0.3) is 0 Å². The van der Waals surface area contributed by atoms with Gasteiger partial charge in [-0.15, -0.1) is 0 Å². The molecule has 0 amide bonds. The molecule has 1 fully saturated rings. The van der Waals surface area contributed by atoms with E-state index in [0.717, 1.165) is 24.0 Å². The Balaban J connectivity index is 1.84. The van der Waals surface area contributed by atoms with Crippen molar-refractivity contribution in [3.63, 3.8) is 0 Å². The molecule has 0 radical (unpaired) electrons. The smallest absolute Gasteiger partial charge is 0.303 e. The van der Waals surface area contributed by atoms with Gasteiger partial charge in [0, 0.05) is 17.9 Å². The van der Waals surface area contributed by atoms with E-state index in [1.54, 1.807) is 0 Å².